The standard InChI is InChI=1S/C19H25N5O/c1-2-10-23(9-1)11-3-13-25-19-5-4-16-14-24(12-7-17(16)22-19)18-6-8-20-15-21-18/h4-6,8,15H,1-3,7,9-14H2. The fourth-order valence-corrected chi connectivity index (χ4v) is 3.61. The van der Waals surface area contributed by atoms with Gasteiger partial charge in [0.2, 0.25) is 5.88 Å². The molecule has 2 aliphatic heterocycles. The van der Waals surface area contributed by atoms with Gasteiger partial charge in [-0.2, -0.15) is 0 Å². The third-order valence-electron chi connectivity index (χ3n) is 4.98. The molecule has 0 amide bonds. The van der Waals surface area contributed by atoms with Gasteiger partial charge >= 0.3 is 0 Å². The van der Waals surface area contributed by atoms with E-state index in [2.05, 4.69) is 25.8 Å². The van der Waals surface area contributed by atoms with Crippen LogP contribution in [0.4, 0.5) is 5.82 Å². The van der Waals surface area contributed by atoms with Crippen molar-refractivity contribution < 1.29 is 4.74 Å². The number of nitrogens with zero attached hydrogens (tertiary/aromatic N) is 5. The molecule has 0 unspecified atom stereocenters. The van der Waals surface area contributed by atoms with Crippen molar-refractivity contribution in [1.29, 1.82) is 0 Å². The van der Waals surface area contributed by atoms with Gasteiger partial charge in [-0.15, -0.1) is 0 Å². The number of aromatic nitrogens is 3. The third-order valence-corrected chi connectivity index (χ3v) is 4.98. The lowest BCUT2D eigenvalue weighted by Crippen LogP contribution is -2.31. The minimum atomic E-state index is 0.745. The van der Waals surface area contributed by atoms with E-state index in [1.165, 1.54) is 31.5 Å². The monoisotopic (exact) mass is 339 g/mol. The molecular formula is C19H25N5O. The summed E-state index contributed by atoms with van der Waals surface area (Å²) < 4.78 is 5.87. The summed E-state index contributed by atoms with van der Waals surface area (Å²) in [6.07, 6.45) is 8.07. The second-order valence-corrected chi connectivity index (χ2v) is 6.75. The molecule has 2 aromatic heterocycles. The van der Waals surface area contributed by atoms with Crippen LogP contribution in [0.25, 0.3) is 0 Å². The highest BCUT2D eigenvalue weighted by Gasteiger charge is 2.19. The maximum absolute atomic E-state index is 5.87. The van der Waals surface area contributed by atoms with Crippen molar-refractivity contribution in [2.24, 2.45) is 0 Å². The molecule has 0 radical (unpaired) electrons. The van der Waals surface area contributed by atoms with Crippen LogP contribution in [0.3, 0.4) is 0 Å². The summed E-state index contributed by atoms with van der Waals surface area (Å²) in [5.41, 5.74) is 2.41. The zero-order chi connectivity index (χ0) is 16.9. The Bertz CT molecular complexity index is 687. The Balaban J connectivity index is 1.30. The van der Waals surface area contributed by atoms with Crippen molar-refractivity contribution >= 4 is 5.82 Å². The first-order valence-electron chi connectivity index (χ1n) is 9.23. The van der Waals surface area contributed by atoms with Crippen molar-refractivity contribution in [3.8, 4) is 5.88 Å². The highest BCUT2D eigenvalue weighted by atomic mass is 16.5. The van der Waals surface area contributed by atoms with E-state index in [-0.39, 0.29) is 0 Å². The van der Waals surface area contributed by atoms with Crippen LogP contribution >= 0.6 is 0 Å². The van der Waals surface area contributed by atoms with Crippen LogP contribution in [-0.4, -0.2) is 52.6 Å². The minimum Gasteiger partial charge on any atom is -0.478 e. The SMILES string of the molecule is c1cc(N2CCc3nc(OCCCN4CCCC4)ccc3C2)ncn1. The Kier molecular flexibility index (Phi) is 5.06. The van der Waals surface area contributed by atoms with E-state index < -0.39 is 0 Å². The summed E-state index contributed by atoms with van der Waals surface area (Å²) in [7, 11) is 0. The molecule has 132 valence electrons. The summed E-state index contributed by atoms with van der Waals surface area (Å²) >= 11 is 0. The van der Waals surface area contributed by atoms with Crippen LogP contribution in [0.15, 0.2) is 30.7 Å². The second-order valence-electron chi connectivity index (χ2n) is 6.75. The number of hydrogen-bond acceptors (Lipinski definition) is 6. The van der Waals surface area contributed by atoms with Gasteiger partial charge in [0.05, 0.1) is 12.3 Å². The van der Waals surface area contributed by atoms with Gasteiger partial charge in [-0.05, 0) is 44.0 Å². The fraction of sp³-hybridized carbons (Fsp3) is 0.526. The quantitative estimate of drug-likeness (QED) is 0.753. The average Bonchev–Trinajstić information content (AvgIpc) is 3.19. The second kappa shape index (κ2) is 7.78. The molecule has 25 heavy (non-hydrogen) atoms. The molecule has 0 N–H and O–H groups in total. The maximum atomic E-state index is 5.87. The lowest BCUT2D eigenvalue weighted by atomic mass is 10.1. The van der Waals surface area contributed by atoms with Crippen molar-refractivity contribution in [2.75, 3.05) is 37.7 Å². The number of rotatable bonds is 6. The van der Waals surface area contributed by atoms with E-state index in [0.29, 0.717) is 0 Å². The normalized spacial score (nSPS) is 17.5. The minimum absolute atomic E-state index is 0.745. The van der Waals surface area contributed by atoms with Gasteiger partial charge in [0.15, 0.2) is 0 Å². The van der Waals surface area contributed by atoms with E-state index in [1.54, 1.807) is 12.5 Å². The molecule has 0 aliphatic carbocycles. The summed E-state index contributed by atoms with van der Waals surface area (Å²) in [5, 5.41) is 0. The lowest BCUT2D eigenvalue weighted by molar-refractivity contribution is 0.256. The van der Waals surface area contributed by atoms with Crippen LogP contribution in [0.1, 0.15) is 30.5 Å². The van der Waals surface area contributed by atoms with Crippen molar-refractivity contribution in [3.05, 3.63) is 42.0 Å². The average molecular weight is 339 g/mol. The van der Waals surface area contributed by atoms with E-state index in [0.717, 1.165) is 56.5 Å². The Morgan fingerprint density at radius 1 is 1.08 bits per heavy atom. The van der Waals surface area contributed by atoms with Crippen molar-refractivity contribution in [3.63, 3.8) is 0 Å². The first-order chi connectivity index (χ1) is 12.4. The summed E-state index contributed by atoms with van der Waals surface area (Å²) in [5.74, 6) is 1.73. The number of pyridine rings is 1. The first kappa shape index (κ1) is 16.3. The van der Waals surface area contributed by atoms with E-state index in [1.807, 2.05) is 12.1 Å². The fourth-order valence-electron chi connectivity index (χ4n) is 3.61. The summed E-state index contributed by atoms with van der Waals surface area (Å²) in [6.45, 7) is 6.15. The first-order valence-corrected chi connectivity index (χ1v) is 9.23. The molecular weight excluding hydrogens is 314 g/mol. The van der Waals surface area contributed by atoms with Crippen LogP contribution < -0.4 is 9.64 Å². The number of anilines is 1. The maximum Gasteiger partial charge on any atom is 0.213 e. The molecule has 0 atom stereocenters. The number of likely N-dealkylation sites (tertiary alicyclic amines) is 1. The molecule has 2 aliphatic rings. The van der Waals surface area contributed by atoms with Crippen LogP contribution in [-0.2, 0) is 13.0 Å². The van der Waals surface area contributed by atoms with Gasteiger partial charge in [-0.3, -0.25) is 0 Å². The van der Waals surface area contributed by atoms with E-state index in [9.17, 15) is 0 Å². The zero-order valence-electron chi connectivity index (χ0n) is 14.6. The predicted octanol–water partition coefficient (Wildman–Crippen LogP) is 2.30. The Labute approximate surface area is 148 Å². The topological polar surface area (TPSA) is 54.4 Å². The van der Waals surface area contributed by atoms with Gasteiger partial charge in [0.25, 0.3) is 0 Å². The molecule has 6 heteroatoms. The Hall–Kier alpha value is -2.21. The molecule has 0 aromatic carbocycles. The molecule has 1 saturated heterocycles. The highest BCUT2D eigenvalue weighted by Crippen LogP contribution is 2.23. The molecule has 4 rings (SSSR count). The largest absolute Gasteiger partial charge is 0.478 e. The molecule has 2 aromatic rings. The summed E-state index contributed by atoms with van der Waals surface area (Å²) in [4.78, 5) is 17.8. The lowest BCUT2D eigenvalue weighted by Gasteiger charge is -2.29. The van der Waals surface area contributed by atoms with E-state index in [4.69, 9.17) is 9.72 Å². The van der Waals surface area contributed by atoms with Crippen LogP contribution in [0.5, 0.6) is 5.88 Å². The van der Waals surface area contributed by atoms with E-state index >= 15 is 0 Å². The number of ether oxygens (including phenoxy) is 1. The molecule has 0 spiro atoms. The van der Waals surface area contributed by atoms with Crippen molar-refractivity contribution in [1.82, 2.24) is 19.9 Å². The van der Waals surface area contributed by atoms with Gasteiger partial charge in [-0.25, -0.2) is 15.0 Å². The van der Waals surface area contributed by atoms with Crippen LogP contribution in [0, 0.1) is 0 Å². The third kappa shape index (κ3) is 4.07. The number of fused-ring (bicyclic) bond motifs is 1. The summed E-state index contributed by atoms with van der Waals surface area (Å²) in [6, 6.07) is 6.10. The van der Waals surface area contributed by atoms with Gasteiger partial charge in [-0.1, -0.05) is 6.07 Å². The highest BCUT2D eigenvalue weighted by molar-refractivity contribution is 5.42. The van der Waals surface area contributed by atoms with Crippen LogP contribution in [0.2, 0.25) is 0 Å². The molecule has 4 heterocycles. The predicted molar refractivity (Wildman–Crippen MR) is 96.8 cm³/mol. The molecule has 1 fully saturated rings. The molecule has 6 nitrogen and oxygen atoms in total. The smallest absolute Gasteiger partial charge is 0.213 e. The van der Waals surface area contributed by atoms with Crippen molar-refractivity contribution in [2.45, 2.75) is 32.2 Å². The van der Waals surface area contributed by atoms with Gasteiger partial charge in [0.1, 0.15) is 12.1 Å². The van der Waals surface area contributed by atoms with Gasteiger partial charge < -0.3 is 14.5 Å². The molecule has 0 bridgehead atoms. The van der Waals surface area contributed by atoms with Gasteiger partial charge in [0, 0.05) is 38.3 Å². The zero-order valence-corrected chi connectivity index (χ0v) is 14.6. The Morgan fingerprint density at radius 3 is 2.84 bits per heavy atom. The molecule has 0 saturated carbocycles. The number of hydrogen-bond donors (Lipinski definition) is 0. The Morgan fingerprint density at radius 2 is 2.00 bits per heavy atom.